The first kappa shape index (κ1) is 14.2. The van der Waals surface area contributed by atoms with E-state index in [4.69, 9.17) is 5.84 Å². The third-order valence-corrected chi connectivity index (χ3v) is 3.57. The van der Waals surface area contributed by atoms with Crippen LogP contribution in [0.4, 0.5) is 4.39 Å². The van der Waals surface area contributed by atoms with Gasteiger partial charge in [0.15, 0.2) is 0 Å². The summed E-state index contributed by atoms with van der Waals surface area (Å²) < 4.78 is 14.4. The second-order valence-electron chi connectivity index (χ2n) is 4.66. The number of benzene rings is 2. The lowest BCUT2D eigenvalue weighted by Gasteiger charge is -2.20. The summed E-state index contributed by atoms with van der Waals surface area (Å²) in [6.45, 7) is 3.96. The molecule has 2 rings (SSSR count). The van der Waals surface area contributed by atoms with Gasteiger partial charge in [-0.15, -0.1) is 0 Å². The Morgan fingerprint density at radius 2 is 1.89 bits per heavy atom. The van der Waals surface area contributed by atoms with Gasteiger partial charge in [0, 0.05) is 4.47 Å². The minimum atomic E-state index is -0.257. The Kier molecular flexibility index (Phi) is 4.34. The predicted molar refractivity (Wildman–Crippen MR) is 79.2 cm³/mol. The molecule has 0 heterocycles. The Labute approximate surface area is 120 Å². The van der Waals surface area contributed by atoms with E-state index in [2.05, 4.69) is 21.4 Å². The smallest absolute Gasteiger partial charge is 0.123 e. The second kappa shape index (κ2) is 5.82. The molecule has 0 bridgehead atoms. The van der Waals surface area contributed by atoms with Crippen LogP contribution in [0.2, 0.25) is 0 Å². The van der Waals surface area contributed by atoms with Gasteiger partial charge in [0.1, 0.15) is 5.82 Å². The molecule has 0 radical (unpaired) electrons. The van der Waals surface area contributed by atoms with Crippen molar-refractivity contribution in [1.29, 1.82) is 0 Å². The molecule has 1 unspecified atom stereocenters. The summed E-state index contributed by atoms with van der Waals surface area (Å²) in [5, 5.41) is 0. The standard InChI is InChI=1S/C15H16BrFN2/c1-9-5-11(7-12(16)6-9)15(19-18)14-8-13(17)4-3-10(14)2/h3-8,15,19H,18H2,1-2H3. The van der Waals surface area contributed by atoms with E-state index in [1.165, 1.54) is 12.1 Å². The van der Waals surface area contributed by atoms with Gasteiger partial charge < -0.3 is 0 Å². The molecule has 0 aromatic heterocycles. The molecular weight excluding hydrogens is 307 g/mol. The zero-order valence-electron chi connectivity index (χ0n) is 10.9. The summed E-state index contributed by atoms with van der Waals surface area (Å²) >= 11 is 3.47. The SMILES string of the molecule is Cc1cc(Br)cc(C(NN)c2cc(F)ccc2C)c1. The van der Waals surface area contributed by atoms with Crippen molar-refractivity contribution in [2.75, 3.05) is 0 Å². The van der Waals surface area contributed by atoms with Crippen LogP contribution in [0.25, 0.3) is 0 Å². The maximum absolute atomic E-state index is 13.4. The van der Waals surface area contributed by atoms with Crippen LogP contribution in [0.15, 0.2) is 40.9 Å². The van der Waals surface area contributed by atoms with Crippen LogP contribution in [0, 0.1) is 19.7 Å². The summed E-state index contributed by atoms with van der Waals surface area (Å²) in [6, 6.07) is 10.6. The van der Waals surface area contributed by atoms with Gasteiger partial charge in [0.05, 0.1) is 6.04 Å². The van der Waals surface area contributed by atoms with Gasteiger partial charge in [-0.05, 0) is 60.4 Å². The van der Waals surface area contributed by atoms with Crippen molar-refractivity contribution in [2.24, 2.45) is 5.84 Å². The predicted octanol–water partition coefficient (Wildman–Crippen LogP) is 3.76. The molecule has 0 saturated heterocycles. The molecule has 3 N–H and O–H groups in total. The first-order valence-electron chi connectivity index (χ1n) is 6.00. The molecule has 2 aromatic carbocycles. The number of aryl methyl sites for hydroxylation is 2. The Balaban J connectivity index is 2.52. The molecular formula is C15H16BrFN2. The van der Waals surface area contributed by atoms with Gasteiger partial charge in [0.25, 0.3) is 0 Å². The zero-order valence-corrected chi connectivity index (χ0v) is 12.5. The molecule has 4 heteroatoms. The van der Waals surface area contributed by atoms with E-state index >= 15 is 0 Å². The van der Waals surface area contributed by atoms with Gasteiger partial charge in [0.2, 0.25) is 0 Å². The third-order valence-electron chi connectivity index (χ3n) is 3.12. The molecule has 0 amide bonds. The lowest BCUT2D eigenvalue weighted by atomic mass is 9.94. The zero-order chi connectivity index (χ0) is 14.0. The van der Waals surface area contributed by atoms with E-state index < -0.39 is 0 Å². The number of rotatable bonds is 3. The van der Waals surface area contributed by atoms with Crippen molar-refractivity contribution < 1.29 is 4.39 Å². The third kappa shape index (κ3) is 3.21. The number of hydrogen-bond donors (Lipinski definition) is 2. The van der Waals surface area contributed by atoms with E-state index in [-0.39, 0.29) is 11.9 Å². The molecule has 1 atom stereocenters. The first-order chi connectivity index (χ1) is 9.01. The largest absolute Gasteiger partial charge is 0.271 e. The van der Waals surface area contributed by atoms with Gasteiger partial charge in [-0.3, -0.25) is 5.84 Å². The van der Waals surface area contributed by atoms with Gasteiger partial charge >= 0.3 is 0 Å². The molecule has 0 aliphatic carbocycles. The van der Waals surface area contributed by atoms with Crippen LogP contribution in [0.3, 0.4) is 0 Å². The molecule has 19 heavy (non-hydrogen) atoms. The molecule has 0 aliphatic rings. The lowest BCUT2D eigenvalue weighted by Crippen LogP contribution is -2.29. The average Bonchev–Trinajstić information content (AvgIpc) is 2.33. The maximum atomic E-state index is 13.4. The fraction of sp³-hybridized carbons (Fsp3) is 0.200. The number of halogens is 2. The summed E-state index contributed by atoms with van der Waals surface area (Å²) in [5.74, 6) is 5.41. The number of nitrogens with one attached hydrogen (secondary N) is 1. The fourth-order valence-electron chi connectivity index (χ4n) is 2.22. The summed E-state index contributed by atoms with van der Waals surface area (Å²) in [6.07, 6.45) is 0. The van der Waals surface area contributed by atoms with Crippen molar-refractivity contribution in [3.05, 3.63) is 68.9 Å². The topological polar surface area (TPSA) is 38.0 Å². The minimum absolute atomic E-state index is 0.230. The highest BCUT2D eigenvalue weighted by Crippen LogP contribution is 2.28. The van der Waals surface area contributed by atoms with Gasteiger partial charge in [-0.25, -0.2) is 9.82 Å². The van der Waals surface area contributed by atoms with Crippen LogP contribution in [0.1, 0.15) is 28.3 Å². The molecule has 0 saturated carbocycles. The fourth-order valence-corrected chi connectivity index (χ4v) is 2.84. The summed E-state index contributed by atoms with van der Waals surface area (Å²) in [7, 11) is 0. The van der Waals surface area contributed by atoms with Crippen molar-refractivity contribution >= 4 is 15.9 Å². The highest BCUT2D eigenvalue weighted by Gasteiger charge is 2.16. The van der Waals surface area contributed by atoms with Crippen molar-refractivity contribution in [3.63, 3.8) is 0 Å². The van der Waals surface area contributed by atoms with Gasteiger partial charge in [-0.2, -0.15) is 0 Å². The highest BCUT2D eigenvalue weighted by atomic mass is 79.9. The van der Waals surface area contributed by atoms with Crippen LogP contribution < -0.4 is 11.3 Å². The van der Waals surface area contributed by atoms with E-state index in [0.29, 0.717) is 0 Å². The Hall–Kier alpha value is -1.23. The number of hydrazine groups is 1. The Bertz CT molecular complexity index is 578. The quantitative estimate of drug-likeness (QED) is 0.667. The Morgan fingerprint density at radius 3 is 2.53 bits per heavy atom. The summed E-state index contributed by atoms with van der Waals surface area (Å²) in [5.41, 5.74) is 6.75. The lowest BCUT2D eigenvalue weighted by molar-refractivity contribution is 0.602. The molecule has 100 valence electrons. The van der Waals surface area contributed by atoms with Crippen molar-refractivity contribution in [3.8, 4) is 0 Å². The van der Waals surface area contributed by atoms with E-state index in [9.17, 15) is 4.39 Å². The van der Waals surface area contributed by atoms with Crippen LogP contribution in [-0.2, 0) is 0 Å². The normalized spacial score (nSPS) is 12.5. The van der Waals surface area contributed by atoms with Crippen molar-refractivity contribution in [1.82, 2.24) is 5.43 Å². The molecule has 0 aliphatic heterocycles. The summed E-state index contributed by atoms with van der Waals surface area (Å²) in [4.78, 5) is 0. The van der Waals surface area contributed by atoms with Crippen LogP contribution in [-0.4, -0.2) is 0 Å². The van der Waals surface area contributed by atoms with Crippen molar-refractivity contribution in [2.45, 2.75) is 19.9 Å². The molecule has 0 fully saturated rings. The first-order valence-corrected chi connectivity index (χ1v) is 6.80. The minimum Gasteiger partial charge on any atom is -0.271 e. The van der Waals surface area contributed by atoms with E-state index in [1.807, 2.05) is 32.0 Å². The van der Waals surface area contributed by atoms with Crippen LogP contribution >= 0.6 is 15.9 Å². The van der Waals surface area contributed by atoms with E-state index in [1.54, 1.807) is 6.07 Å². The average molecular weight is 323 g/mol. The highest BCUT2D eigenvalue weighted by molar-refractivity contribution is 9.10. The molecule has 0 spiro atoms. The second-order valence-corrected chi connectivity index (χ2v) is 5.58. The molecule has 2 nitrogen and oxygen atoms in total. The molecule has 2 aromatic rings. The number of hydrogen-bond acceptors (Lipinski definition) is 2. The van der Waals surface area contributed by atoms with Crippen LogP contribution in [0.5, 0.6) is 0 Å². The van der Waals surface area contributed by atoms with Gasteiger partial charge in [-0.1, -0.05) is 28.1 Å². The maximum Gasteiger partial charge on any atom is 0.123 e. The number of nitrogens with two attached hydrogens (primary N) is 1. The van der Waals surface area contributed by atoms with E-state index in [0.717, 1.165) is 26.7 Å². The monoisotopic (exact) mass is 322 g/mol. The Morgan fingerprint density at radius 1 is 1.16 bits per heavy atom.